The molecule has 2 aromatic carbocycles. The van der Waals surface area contributed by atoms with Crippen molar-refractivity contribution in [3.8, 4) is 0 Å². The molecule has 0 aliphatic rings. The molecule has 0 heterocycles. The number of non-ortho nitro benzene ring substituents is 1. The number of nitro groups is 1. The topological polar surface area (TPSA) is 110 Å². The Balaban J connectivity index is 2.14. The van der Waals surface area contributed by atoms with Crippen molar-refractivity contribution in [2.75, 3.05) is 18.4 Å². The number of nitrogens with zero attached hydrogens (tertiary/aromatic N) is 2. The summed E-state index contributed by atoms with van der Waals surface area (Å²) in [6, 6.07) is 9.57. The molecule has 0 radical (unpaired) electrons. The second-order valence-electron chi connectivity index (χ2n) is 5.24. The number of anilines is 1. The third-order valence-electron chi connectivity index (χ3n) is 3.46. The van der Waals surface area contributed by atoms with Crippen molar-refractivity contribution >= 4 is 27.3 Å². The maximum Gasteiger partial charge on any atom is 0.271 e. The van der Waals surface area contributed by atoms with E-state index >= 15 is 0 Å². The fourth-order valence-corrected chi connectivity index (χ4v) is 3.59. The Morgan fingerprint density at radius 3 is 2.46 bits per heavy atom. The quantitative estimate of drug-likeness (QED) is 0.585. The molecule has 0 saturated carbocycles. The van der Waals surface area contributed by atoms with Crippen molar-refractivity contribution in [3.63, 3.8) is 0 Å². The Hall–Kier alpha value is -2.85. The Labute approximate surface area is 149 Å². The Bertz CT molecular complexity index is 916. The second-order valence-corrected chi connectivity index (χ2v) is 7.18. The van der Waals surface area contributed by atoms with Gasteiger partial charge < -0.3 is 5.32 Å². The molecule has 1 amide bonds. The van der Waals surface area contributed by atoms with Gasteiger partial charge in [-0.2, -0.15) is 4.31 Å². The number of carbonyl (C=O) groups excluding carboxylic acids is 1. The molecule has 0 aromatic heterocycles. The van der Waals surface area contributed by atoms with Crippen molar-refractivity contribution in [2.24, 2.45) is 0 Å². The number of likely N-dealkylation sites (N-methyl/N-ethyl adjacent to an activating group) is 1. The lowest BCUT2D eigenvalue weighted by Crippen LogP contribution is -2.37. The number of carbonyl (C=O) groups is 1. The maximum atomic E-state index is 13.0. The van der Waals surface area contributed by atoms with E-state index in [2.05, 4.69) is 5.32 Å². The van der Waals surface area contributed by atoms with Gasteiger partial charge in [0.25, 0.3) is 5.69 Å². The van der Waals surface area contributed by atoms with Crippen molar-refractivity contribution in [1.29, 1.82) is 0 Å². The van der Waals surface area contributed by atoms with Crippen LogP contribution in [-0.4, -0.2) is 36.6 Å². The number of hydrogen-bond donors (Lipinski definition) is 1. The summed E-state index contributed by atoms with van der Waals surface area (Å²) >= 11 is 0. The molecule has 0 unspecified atom stereocenters. The minimum absolute atomic E-state index is 0.0159. The molecule has 0 aliphatic heterocycles. The predicted molar refractivity (Wildman–Crippen MR) is 92.6 cm³/mol. The van der Waals surface area contributed by atoms with Crippen molar-refractivity contribution < 1.29 is 22.5 Å². The molecule has 138 valence electrons. The summed E-state index contributed by atoms with van der Waals surface area (Å²) in [5.74, 6) is -1.23. The number of rotatable bonds is 7. The van der Waals surface area contributed by atoms with E-state index < -0.39 is 33.2 Å². The fourth-order valence-electron chi connectivity index (χ4n) is 2.18. The molecule has 1 N–H and O–H groups in total. The first-order chi connectivity index (χ1) is 12.2. The largest absolute Gasteiger partial charge is 0.325 e. The van der Waals surface area contributed by atoms with E-state index in [1.54, 1.807) is 6.92 Å². The third-order valence-corrected chi connectivity index (χ3v) is 5.40. The summed E-state index contributed by atoms with van der Waals surface area (Å²) < 4.78 is 39.0. The molecular formula is C16H16FN3O5S. The van der Waals surface area contributed by atoms with Crippen LogP contribution in [0, 0.1) is 15.9 Å². The molecule has 26 heavy (non-hydrogen) atoms. The number of amides is 1. The monoisotopic (exact) mass is 381 g/mol. The number of nitro benzene ring substituents is 1. The third kappa shape index (κ3) is 4.61. The maximum absolute atomic E-state index is 13.0. The minimum Gasteiger partial charge on any atom is -0.325 e. The highest BCUT2D eigenvalue weighted by molar-refractivity contribution is 7.89. The molecule has 0 atom stereocenters. The van der Waals surface area contributed by atoms with Crippen LogP contribution in [0.4, 0.5) is 15.8 Å². The first-order valence-corrected chi connectivity index (χ1v) is 8.98. The highest BCUT2D eigenvalue weighted by atomic mass is 32.2. The molecule has 2 rings (SSSR count). The molecule has 0 fully saturated rings. The molecule has 8 nitrogen and oxygen atoms in total. The van der Waals surface area contributed by atoms with Gasteiger partial charge in [-0.05, 0) is 30.3 Å². The lowest BCUT2D eigenvalue weighted by molar-refractivity contribution is -0.384. The first kappa shape index (κ1) is 19.5. The van der Waals surface area contributed by atoms with Gasteiger partial charge in [-0.15, -0.1) is 0 Å². The number of benzene rings is 2. The molecule has 2 aromatic rings. The number of nitrogens with one attached hydrogen (secondary N) is 1. The standard InChI is InChI=1S/C16H16FN3O5S/c1-2-19(26(24,25)15-8-6-12(17)7-9-15)11-16(21)18-13-4-3-5-14(10-13)20(22)23/h3-10H,2,11H2,1H3,(H,18,21). The van der Waals surface area contributed by atoms with Gasteiger partial charge in [-0.25, -0.2) is 12.8 Å². The first-order valence-electron chi connectivity index (χ1n) is 7.54. The van der Waals surface area contributed by atoms with Gasteiger partial charge in [-0.1, -0.05) is 13.0 Å². The number of sulfonamides is 1. The molecular weight excluding hydrogens is 365 g/mol. The van der Waals surface area contributed by atoms with Crippen LogP contribution in [0.3, 0.4) is 0 Å². The lowest BCUT2D eigenvalue weighted by Gasteiger charge is -2.20. The zero-order valence-corrected chi connectivity index (χ0v) is 14.6. The van der Waals surface area contributed by atoms with Crippen molar-refractivity contribution in [1.82, 2.24) is 4.31 Å². The van der Waals surface area contributed by atoms with E-state index in [0.29, 0.717) is 0 Å². The summed E-state index contributed by atoms with van der Waals surface area (Å²) in [6.45, 7) is 1.09. The predicted octanol–water partition coefficient (Wildman–Crippen LogP) is 2.38. The SMILES string of the molecule is CCN(CC(=O)Nc1cccc([N+](=O)[O-])c1)S(=O)(=O)c1ccc(F)cc1. The summed E-state index contributed by atoms with van der Waals surface area (Å²) in [5, 5.41) is 13.2. The Kier molecular flexibility index (Phi) is 6.01. The molecule has 0 aliphatic carbocycles. The van der Waals surface area contributed by atoms with E-state index in [0.717, 1.165) is 28.6 Å². The van der Waals surface area contributed by atoms with E-state index in [1.165, 1.54) is 24.3 Å². The van der Waals surface area contributed by atoms with Crippen LogP contribution in [0.25, 0.3) is 0 Å². The normalized spacial score (nSPS) is 11.3. The highest BCUT2D eigenvalue weighted by Crippen LogP contribution is 2.18. The van der Waals surface area contributed by atoms with Crippen LogP contribution in [0.15, 0.2) is 53.4 Å². The van der Waals surface area contributed by atoms with Crippen LogP contribution < -0.4 is 5.32 Å². The summed E-state index contributed by atoms with van der Waals surface area (Å²) in [7, 11) is -3.98. The second kappa shape index (κ2) is 8.02. The van der Waals surface area contributed by atoms with Gasteiger partial charge in [0.15, 0.2) is 0 Å². The average Bonchev–Trinajstić information content (AvgIpc) is 2.60. The van der Waals surface area contributed by atoms with Gasteiger partial charge in [0.1, 0.15) is 5.82 Å². The smallest absolute Gasteiger partial charge is 0.271 e. The summed E-state index contributed by atoms with van der Waals surface area (Å²) in [6.07, 6.45) is 0. The van der Waals surface area contributed by atoms with Crippen molar-refractivity contribution in [2.45, 2.75) is 11.8 Å². The summed E-state index contributed by atoms with van der Waals surface area (Å²) in [5.41, 5.74) is -0.0199. The molecule has 0 spiro atoms. The number of halogens is 1. The van der Waals surface area contributed by atoms with Crippen molar-refractivity contribution in [3.05, 3.63) is 64.5 Å². The Morgan fingerprint density at radius 1 is 1.23 bits per heavy atom. The number of hydrogen-bond acceptors (Lipinski definition) is 5. The van der Waals surface area contributed by atoms with Crippen LogP contribution in [0.5, 0.6) is 0 Å². The van der Waals surface area contributed by atoms with Crippen LogP contribution >= 0.6 is 0 Å². The van der Waals surface area contributed by atoms with Gasteiger partial charge in [0.2, 0.25) is 15.9 Å². The molecule has 10 heteroatoms. The zero-order chi connectivity index (χ0) is 19.3. The van der Waals surface area contributed by atoms with Crippen LogP contribution in [-0.2, 0) is 14.8 Å². The van der Waals surface area contributed by atoms with Crippen LogP contribution in [0.1, 0.15) is 6.92 Å². The lowest BCUT2D eigenvalue weighted by atomic mass is 10.3. The molecule has 0 saturated heterocycles. The van der Waals surface area contributed by atoms with Gasteiger partial charge in [0, 0.05) is 24.4 Å². The highest BCUT2D eigenvalue weighted by Gasteiger charge is 2.25. The van der Waals surface area contributed by atoms with Gasteiger partial charge in [0.05, 0.1) is 16.4 Å². The van der Waals surface area contributed by atoms with E-state index in [9.17, 15) is 27.7 Å². The van der Waals surface area contributed by atoms with Gasteiger partial charge >= 0.3 is 0 Å². The summed E-state index contributed by atoms with van der Waals surface area (Å²) in [4.78, 5) is 22.2. The van der Waals surface area contributed by atoms with Crippen LogP contribution in [0.2, 0.25) is 0 Å². The van der Waals surface area contributed by atoms with Gasteiger partial charge in [-0.3, -0.25) is 14.9 Å². The Morgan fingerprint density at radius 2 is 1.88 bits per heavy atom. The van der Waals surface area contributed by atoms with E-state index in [-0.39, 0.29) is 22.8 Å². The molecule has 0 bridgehead atoms. The van der Waals surface area contributed by atoms with E-state index in [1.807, 2.05) is 0 Å². The zero-order valence-electron chi connectivity index (χ0n) is 13.8. The average molecular weight is 381 g/mol. The fraction of sp³-hybridized carbons (Fsp3) is 0.188. The minimum atomic E-state index is -3.98. The van der Waals surface area contributed by atoms with E-state index in [4.69, 9.17) is 0 Å².